The minimum Gasteiger partial charge on any atom is -0.478 e. The third-order valence-corrected chi connectivity index (χ3v) is 7.73. The van der Waals surface area contributed by atoms with Crippen LogP contribution in [0.1, 0.15) is 54.1 Å². The summed E-state index contributed by atoms with van der Waals surface area (Å²) in [6, 6.07) is 6.76. The van der Waals surface area contributed by atoms with Gasteiger partial charge in [0.05, 0.1) is 29.6 Å². The van der Waals surface area contributed by atoms with E-state index in [0.717, 1.165) is 47.5 Å². The van der Waals surface area contributed by atoms with E-state index in [-0.39, 0.29) is 11.0 Å². The Morgan fingerprint density at radius 2 is 1.94 bits per heavy atom. The van der Waals surface area contributed by atoms with Crippen molar-refractivity contribution in [2.75, 3.05) is 6.26 Å². The fourth-order valence-corrected chi connectivity index (χ4v) is 5.73. The molecule has 9 nitrogen and oxygen atoms in total. The molecular formula is C24H30N2O7S2. The summed E-state index contributed by atoms with van der Waals surface area (Å²) in [5.74, 6) is -1.57. The van der Waals surface area contributed by atoms with Crippen molar-refractivity contribution in [1.82, 2.24) is 9.55 Å². The van der Waals surface area contributed by atoms with Crippen LogP contribution < -0.4 is 0 Å². The Bertz CT molecular complexity index is 1270. The third kappa shape index (κ3) is 7.48. The number of carboxylic acid groups (broad SMARTS) is 1. The van der Waals surface area contributed by atoms with Crippen molar-refractivity contribution < 1.29 is 32.8 Å². The van der Waals surface area contributed by atoms with E-state index >= 15 is 0 Å². The molecule has 0 saturated heterocycles. The van der Waals surface area contributed by atoms with Crippen molar-refractivity contribution in [3.8, 4) is 0 Å². The van der Waals surface area contributed by atoms with E-state index in [2.05, 4.69) is 20.7 Å². The standard InChI is InChI=1S/C24H28N2O6S2.H2O/c1-4-5-8-22-25-14-20(26(22)15-18-9-11-19(12-10-18)23(27)28)16-33-13-6-7-21(33)17(2)24(29)32-34(3,30)31;/h6-7,9-14,16-17H,4-5,8,15H2,1-3H3,(H,27,28);1H2. The van der Waals surface area contributed by atoms with Gasteiger partial charge in [0.25, 0.3) is 0 Å². The van der Waals surface area contributed by atoms with Crippen molar-refractivity contribution in [3.05, 3.63) is 75.6 Å². The smallest absolute Gasteiger partial charge is 0.335 e. The first-order valence-electron chi connectivity index (χ1n) is 10.8. The maximum absolute atomic E-state index is 12.3. The molecule has 1 aromatic heterocycles. The van der Waals surface area contributed by atoms with E-state index in [4.69, 9.17) is 5.11 Å². The molecule has 2 heterocycles. The number of nitrogens with zero attached hydrogens (tertiary/aromatic N) is 2. The second-order valence-corrected chi connectivity index (χ2v) is 11.3. The van der Waals surface area contributed by atoms with Gasteiger partial charge in [-0.05, 0) is 46.7 Å². The highest BCUT2D eigenvalue weighted by Crippen LogP contribution is 2.38. The minimum atomic E-state index is -3.88. The van der Waals surface area contributed by atoms with Gasteiger partial charge in [0, 0.05) is 13.0 Å². The zero-order valence-electron chi connectivity index (χ0n) is 19.8. The molecule has 0 spiro atoms. The number of imidazole rings is 1. The Morgan fingerprint density at radius 1 is 1.26 bits per heavy atom. The molecule has 0 saturated carbocycles. The van der Waals surface area contributed by atoms with Crippen LogP contribution in [-0.2, 0) is 32.1 Å². The minimum absolute atomic E-state index is 0. The number of hydrogen-bond donors (Lipinski definition) is 1. The SMILES string of the molecule is CCCCc1ncc(/C=S2\C=CC=C2C(C)C(=O)OS(C)(=O)=O)n1Cc1ccc(C(=O)O)cc1.O. The molecule has 11 heteroatoms. The topological polar surface area (TPSA) is 147 Å². The summed E-state index contributed by atoms with van der Waals surface area (Å²) in [7, 11) is -4.43. The van der Waals surface area contributed by atoms with Gasteiger partial charge in [-0.15, -0.1) is 10.5 Å². The number of hydrogen-bond acceptors (Lipinski definition) is 6. The molecule has 2 aromatic rings. The number of aryl methyl sites for hydroxylation is 1. The fraction of sp³-hybridized carbons (Fsp3) is 0.333. The van der Waals surface area contributed by atoms with Crippen LogP contribution >= 0.6 is 10.5 Å². The first-order chi connectivity index (χ1) is 16.1. The maximum Gasteiger partial charge on any atom is 0.335 e. The molecule has 3 N–H and O–H groups in total. The summed E-state index contributed by atoms with van der Waals surface area (Å²) in [5.41, 5.74) is 2.05. The predicted molar refractivity (Wildman–Crippen MR) is 137 cm³/mol. The van der Waals surface area contributed by atoms with Crippen LogP contribution in [-0.4, -0.2) is 52.1 Å². The average Bonchev–Trinajstić information content (AvgIpc) is 3.38. The van der Waals surface area contributed by atoms with Crippen LogP contribution in [0.2, 0.25) is 0 Å². The molecule has 2 atom stereocenters. The highest BCUT2D eigenvalue weighted by Gasteiger charge is 2.25. The number of rotatable bonds is 10. The van der Waals surface area contributed by atoms with Gasteiger partial charge in [-0.2, -0.15) is 8.42 Å². The molecule has 0 bridgehead atoms. The molecule has 0 radical (unpaired) electrons. The lowest BCUT2D eigenvalue weighted by atomic mass is 10.1. The molecular weight excluding hydrogens is 492 g/mol. The van der Waals surface area contributed by atoms with E-state index in [9.17, 15) is 18.0 Å². The fourth-order valence-electron chi connectivity index (χ4n) is 3.47. The molecule has 1 aromatic carbocycles. The molecule has 1 aliphatic rings. The van der Waals surface area contributed by atoms with Gasteiger partial charge in [0.1, 0.15) is 5.82 Å². The molecule has 0 fully saturated rings. The second-order valence-electron chi connectivity index (χ2n) is 8.01. The zero-order chi connectivity index (χ0) is 24.9. The van der Waals surface area contributed by atoms with Crippen LogP contribution in [0.25, 0.3) is 0 Å². The van der Waals surface area contributed by atoms with Gasteiger partial charge in [-0.1, -0.05) is 37.6 Å². The van der Waals surface area contributed by atoms with Gasteiger partial charge in [0.15, 0.2) is 0 Å². The van der Waals surface area contributed by atoms with Crippen molar-refractivity contribution >= 4 is 37.9 Å². The van der Waals surface area contributed by atoms with E-state index in [0.29, 0.717) is 6.54 Å². The summed E-state index contributed by atoms with van der Waals surface area (Å²) in [4.78, 5) is 28.9. The first-order valence-corrected chi connectivity index (χ1v) is 14.0. The largest absolute Gasteiger partial charge is 0.478 e. The Labute approximate surface area is 207 Å². The summed E-state index contributed by atoms with van der Waals surface area (Å²) < 4.78 is 29.4. The summed E-state index contributed by atoms with van der Waals surface area (Å²) >= 11 is 0. The lowest BCUT2D eigenvalue weighted by Crippen LogP contribution is -2.19. The van der Waals surface area contributed by atoms with Gasteiger partial charge < -0.3 is 19.3 Å². The number of aromatic nitrogens is 2. The molecule has 0 amide bonds. The third-order valence-electron chi connectivity index (χ3n) is 5.28. The second kappa shape index (κ2) is 12.1. The monoisotopic (exact) mass is 522 g/mol. The maximum atomic E-state index is 12.3. The van der Waals surface area contributed by atoms with Crippen molar-refractivity contribution in [2.45, 2.75) is 39.7 Å². The highest BCUT2D eigenvalue weighted by molar-refractivity contribution is 8.21. The van der Waals surface area contributed by atoms with Crippen LogP contribution in [0, 0.1) is 5.92 Å². The zero-order valence-corrected chi connectivity index (χ0v) is 21.4. The quantitative estimate of drug-likeness (QED) is 0.372. The Hall–Kier alpha value is -3.02. The lowest BCUT2D eigenvalue weighted by molar-refractivity contribution is -0.136. The van der Waals surface area contributed by atoms with E-state index in [1.165, 1.54) is 0 Å². The molecule has 1 aliphatic heterocycles. The number of carbonyl (C=O) groups is 2. The lowest BCUT2D eigenvalue weighted by Gasteiger charge is -2.15. The predicted octanol–water partition coefficient (Wildman–Crippen LogP) is 3.12. The van der Waals surface area contributed by atoms with Crippen LogP contribution in [0.15, 0.2) is 52.9 Å². The Morgan fingerprint density at radius 3 is 2.54 bits per heavy atom. The average molecular weight is 523 g/mol. The summed E-state index contributed by atoms with van der Waals surface area (Å²) in [6.07, 6.45) is 9.14. The van der Waals surface area contributed by atoms with E-state index in [1.54, 1.807) is 37.4 Å². The number of aromatic carboxylic acids is 1. The number of unbranched alkanes of at least 4 members (excludes halogenated alkanes) is 1. The number of benzene rings is 1. The number of allylic oxidation sites excluding steroid dienone is 2. The Balaban J connectivity index is 0.00000432. The van der Waals surface area contributed by atoms with Crippen LogP contribution in [0.5, 0.6) is 0 Å². The number of carboxylic acids is 1. The van der Waals surface area contributed by atoms with Gasteiger partial charge >= 0.3 is 22.1 Å². The van der Waals surface area contributed by atoms with Crippen molar-refractivity contribution in [1.29, 1.82) is 0 Å². The molecule has 190 valence electrons. The molecule has 2 unspecified atom stereocenters. The van der Waals surface area contributed by atoms with Crippen LogP contribution in [0.4, 0.5) is 0 Å². The number of carbonyl (C=O) groups excluding carboxylic acids is 1. The van der Waals surface area contributed by atoms with Crippen LogP contribution in [0.3, 0.4) is 0 Å². The molecule has 35 heavy (non-hydrogen) atoms. The van der Waals surface area contributed by atoms with E-state index < -0.39 is 38.5 Å². The highest BCUT2D eigenvalue weighted by atomic mass is 32.2. The Kier molecular flexibility index (Phi) is 9.75. The van der Waals surface area contributed by atoms with Gasteiger partial charge in [-0.25, -0.2) is 9.78 Å². The summed E-state index contributed by atoms with van der Waals surface area (Å²) in [5, 5.41) is 13.1. The first kappa shape index (κ1) is 28.2. The van der Waals surface area contributed by atoms with Crippen molar-refractivity contribution in [2.24, 2.45) is 5.92 Å². The summed E-state index contributed by atoms with van der Waals surface area (Å²) in [6.45, 7) is 4.27. The van der Waals surface area contributed by atoms with Gasteiger partial charge in [0.2, 0.25) is 0 Å². The normalized spacial score (nSPS) is 16.0. The van der Waals surface area contributed by atoms with Gasteiger partial charge in [-0.3, -0.25) is 4.79 Å². The van der Waals surface area contributed by atoms with Crippen molar-refractivity contribution in [3.63, 3.8) is 0 Å². The van der Waals surface area contributed by atoms with E-state index in [1.807, 2.05) is 22.9 Å². The molecule has 0 aliphatic carbocycles. The molecule has 3 rings (SSSR count).